The van der Waals surface area contributed by atoms with Crippen LogP contribution in [-0.4, -0.2) is 47.7 Å². The topological polar surface area (TPSA) is 111 Å². The fourth-order valence-electron chi connectivity index (χ4n) is 2.10. The molecule has 2 rings (SSSR count). The monoisotopic (exact) mass is 303 g/mol. The minimum absolute atomic E-state index is 0.225. The van der Waals surface area contributed by atoms with E-state index in [2.05, 4.69) is 9.82 Å². The summed E-state index contributed by atoms with van der Waals surface area (Å²) in [5, 5.41) is 13.0. The van der Waals surface area contributed by atoms with Crippen molar-refractivity contribution in [2.24, 2.45) is 7.05 Å². The summed E-state index contributed by atoms with van der Waals surface area (Å²) >= 11 is 0. The third kappa shape index (κ3) is 3.78. The van der Waals surface area contributed by atoms with Crippen molar-refractivity contribution in [2.75, 3.05) is 12.4 Å². The summed E-state index contributed by atoms with van der Waals surface area (Å²) in [6.07, 6.45) is 3.92. The van der Waals surface area contributed by atoms with Gasteiger partial charge in [-0.1, -0.05) is 0 Å². The van der Waals surface area contributed by atoms with Crippen LogP contribution in [-0.2, 0) is 26.6 Å². The zero-order valence-corrected chi connectivity index (χ0v) is 11.8. The zero-order valence-electron chi connectivity index (χ0n) is 11.0. The molecule has 0 aromatic carbocycles. The molecule has 1 fully saturated rings. The van der Waals surface area contributed by atoms with E-state index in [1.807, 2.05) is 0 Å². The van der Waals surface area contributed by atoms with E-state index in [9.17, 15) is 13.2 Å². The van der Waals surface area contributed by atoms with Crippen LogP contribution in [0.5, 0.6) is 0 Å². The molecule has 0 amide bonds. The van der Waals surface area contributed by atoms with Gasteiger partial charge in [-0.05, 0) is 12.8 Å². The molecule has 1 aromatic rings. The third-order valence-corrected chi connectivity index (χ3v) is 4.44. The number of nitrogens with one attached hydrogen (secondary N) is 1. The standard InChI is InChI=1S/C11H17N3O5S/c1-14-6-8(5-12-14)10(11(15)16)13-20(17,18)7-9-3-2-4-19-9/h5-6,9-10,13H,2-4,7H2,1H3,(H,15,16). The van der Waals surface area contributed by atoms with Crippen molar-refractivity contribution in [1.82, 2.24) is 14.5 Å². The van der Waals surface area contributed by atoms with Crippen LogP contribution in [0.25, 0.3) is 0 Å². The summed E-state index contributed by atoms with van der Waals surface area (Å²) in [6, 6.07) is -1.34. The third-order valence-electron chi connectivity index (χ3n) is 3.03. The number of carboxylic acids is 1. The summed E-state index contributed by atoms with van der Waals surface area (Å²) in [4.78, 5) is 11.2. The van der Waals surface area contributed by atoms with Gasteiger partial charge in [0.2, 0.25) is 10.0 Å². The lowest BCUT2D eigenvalue weighted by Gasteiger charge is -2.15. The van der Waals surface area contributed by atoms with E-state index in [0.717, 1.165) is 6.42 Å². The number of carbonyl (C=O) groups is 1. The molecule has 0 aliphatic carbocycles. The first-order valence-electron chi connectivity index (χ1n) is 6.20. The molecule has 8 nitrogen and oxygen atoms in total. The van der Waals surface area contributed by atoms with Gasteiger partial charge in [-0.15, -0.1) is 0 Å². The molecule has 2 N–H and O–H groups in total. The van der Waals surface area contributed by atoms with Gasteiger partial charge in [-0.3, -0.25) is 9.48 Å². The second-order valence-electron chi connectivity index (χ2n) is 4.75. The largest absolute Gasteiger partial charge is 0.480 e. The molecule has 0 bridgehead atoms. The van der Waals surface area contributed by atoms with Gasteiger partial charge in [0.1, 0.15) is 6.04 Å². The normalized spacial score (nSPS) is 20.9. The summed E-state index contributed by atoms with van der Waals surface area (Å²) < 4.78 is 32.9. The molecule has 0 radical (unpaired) electrons. The van der Waals surface area contributed by atoms with Crippen LogP contribution in [0.4, 0.5) is 0 Å². The van der Waals surface area contributed by atoms with E-state index < -0.39 is 22.0 Å². The van der Waals surface area contributed by atoms with Crippen molar-refractivity contribution in [3.63, 3.8) is 0 Å². The molecule has 1 aliphatic rings. The van der Waals surface area contributed by atoms with Gasteiger partial charge in [0.25, 0.3) is 0 Å². The Bertz CT molecular complexity index is 577. The Hall–Kier alpha value is -1.45. The molecular formula is C11H17N3O5S. The molecule has 9 heteroatoms. The van der Waals surface area contributed by atoms with Crippen molar-refractivity contribution in [3.8, 4) is 0 Å². The molecule has 2 heterocycles. The lowest BCUT2D eigenvalue weighted by molar-refractivity contribution is -0.139. The highest BCUT2D eigenvalue weighted by molar-refractivity contribution is 7.89. The van der Waals surface area contributed by atoms with Crippen molar-refractivity contribution in [1.29, 1.82) is 0 Å². The van der Waals surface area contributed by atoms with Crippen LogP contribution < -0.4 is 4.72 Å². The van der Waals surface area contributed by atoms with Crippen LogP contribution in [0.1, 0.15) is 24.4 Å². The fourth-order valence-corrected chi connectivity index (χ4v) is 3.54. The number of sulfonamides is 1. The average molecular weight is 303 g/mol. The Morgan fingerprint density at radius 1 is 1.70 bits per heavy atom. The smallest absolute Gasteiger partial charge is 0.326 e. The predicted octanol–water partition coefficient (Wildman–Crippen LogP) is -0.356. The van der Waals surface area contributed by atoms with Gasteiger partial charge >= 0.3 is 5.97 Å². The molecule has 1 saturated heterocycles. The minimum atomic E-state index is -3.74. The lowest BCUT2D eigenvalue weighted by Crippen LogP contribution is -2.38. The van der Waals surface area contributed by atoms with Gasteiger partial charge in [-0.25, -0.2) is 8.42 Å². The van der Waals surface area contributed by atoms with Gasteiger partial charge in [0.15, 0.2) is 0 Å². The van der Waals surface area contributed by atoms with Crippen LogP contribution >= 0.6 is 0 Å². The summed E-state index contributed by atoms with van der Waals surface area (Å²) in [5.41, 5.74) is 0.288. The number of rotatable bonds is 6. The van der Waals surface area contributed by atoms with E-state index in [1.54, 1.807) is 7.05 Å². The highest BCUT2D eigenvalue weighted by atomic mass is 32.2. The zero-order chi connectivity index (χ0) is 14.8. The Labute approximate surface area is 116 Å². The molecular weight excluding hydrogens is 286 g/mol. The van der Waals surface area contributed by atoms with Gasteiger partial charge < -0.3 is 9.84 Å². The SMILES string of the molecule is Cn1cc(C(NS(=O)(=O)CC2CCCO2)C(=O)O)cn1. The van der Waals surface area contributed by atoms with Gasteiger partial charge in [-0.2, -0.15) is 9.82 Å². The summed E-state index contributed by atoms with van der Waals surface area (Å²) in [6.45, 7) is 0.547. The van der Waals surface area contributed by atoms with E-state index in [-0.39, 0.29) is 17.4 Å². The maximum absolute atomic E-state index is 12.0. The summed E-state index contributed by atoms with van der Waals surface area (Å²) in [5.74, 6) is -1.49. The van der Waals surface area contributed by atoms with Crippen LogP contribution in [0, 0.1) is 0 Å². The molecule has 20 heavy (non-hydrogen) atoms. The first-order valence-corrected chi connectivity index (χ1v) is 7.85. The Balaban J connectivity index is 2.09. The summed E-state index contributed by atoms with van der Waals surface area (Å²) in [7, 11) is -2.11. The highest BCUT2D eigenvalue weighted by Gasteiger charge is 2.30. The van der Waals surface area contributed by atoms with Crippen LogP contribution in [0.2, 0.25) is 0 Å². The number of aryl methyl sites for hydroxylation is 1. The van der Waals surface area contributed by atoms with Crippen LogP contribution in [0.3, 0.4) is 0 Å². The number of aromatic nitrogens is 2. The first kappa shape index (κ1) is 14.9. The molecule has 2 atom stereocenters. The Morgan fingerprint density at radius 2 is 2.45 bits per heavy atom. The van der Waals surface area contributed by atoms with Crippen molar-refractivity contribution >= 4 is 16.0 Å². The number of hydrogen-bond donors (Lipinski definition) is 2. The maximum atomic E-state index is 12.0. The van der Waals surface area contributed by atoms with E-state index >= 15 is 0 Å². The second-order valence-corrected chi connectivity index (χ2v) is 6.55. The van der Waals surface area contributed by atoms with E-state index in [0.29, 0.717) is 13.0 Å². The van der Waals surface area contributed by atoms with Gasteiger partial charge in [0, 0.05) is 25.4 Å². The highest BCUT2D eigenvalue weighted by Crippen LogP contribution is 2.17. The Kier molecular flexibility index (Phi) is 4.41. The second kappa shape index (κ2) is 5.90. The number of aliphatic carboxylic acids is 1. The van der Waals surface area contributed by atoms with Crippen molar-refractivity contribution in [2.45, 2.75) is 25.0 Å². The molecule has 0 saturated carbocycles. The minimum Gasteiger partial charge on any atom is -0.480 e. The van der Waals surface area contributed by atoms with Crippen molar-refractivity contribution < 1.29 is 23.1 Å². The van der Waals surface area contributed by atoms with Crippen molar-refractivity contribution in [3.05, 3.63) is 18.0 Å². The maximum Gasteiger partial charge on any atom is 0.326 e. The molecule has 0 spiro atoms. The quantitative estimate of drug-likeness (QED) is 0.743. The lowest BCUT2D eigenvalue weighted by atomic mass is 10.2. The molecule has 1 aromatic heterocycles. The first-order chi connectivity index (χ1) is 9.37. The molecule has 2 unspecified atom stereocenters. The molecule has 1 aliphatic heterocycles. The number of hydrogen-bond acceptors (Lipinski definition) is 5. The number of ether oxygens (including phenoxy) is 1. The number of carboxylic acid groups (broad SMARTS) is 1. The Morgan fingerprint density at radius 3 is 2.95 bits per heavy atom. The fraction of sp³-hybridized carbons (Fsp3) is 0.636. The van der Waals surface area contributed by atoms with E-state index in [4.69, 9.17) is 9.84 Å². The average Bonchev–Trinajstić information content (AvgIpc) is 2.97. The number of nitrogens with zero attached hydrogens (tertiary/aromatic N) is 2. The van der Waals surface area contributed by atoms with Gasteiger partial charge in [0.05, 0.1) is 18.1 Å². The van der Waals surface area contributed by atoms with Crippen LogP contribution in [0.15, 0.2) is 12.4 Å². The molecule has 112 valence electrons. The predicted molar refractivity (Wildman–Crippen MR) is 69.5 cm³/mol. The van der Waals surface area contributed by atoms with E-state index in [1.165, 1.54) is 17.1 Å².